The van der Waals surface area contributed by atoms with Crippen molar-refractivity contribution in [1.29, 1.82) is 0 Å². The molecule has 0 amide bonds. The van der Waals surface area contributed by atoms with Gasteiger partial charge in [0.05, 0.1) is 36.1 Å². The number of carbonyl (C=O) groups is 3. The van der Waals surface area contributed by atoms with Crippen LogP contribution in [0.1, 0.15) is 44.0 Å². The van der Waals surface area contributed by atoms with Gasteiger partial charge in [0.2, 0.25) is 0 Å². The van der Waals surface area contributed by atoms with E-state index in [4.69, 9.17) is 25.8 Å². The monoisotopic (exact) mass is 397 g/mol. The van der Waals surface area contributed by atoms with Crippen molar-refractivity contribution in [2.75, 3.05) is 25.1 Å². The number of rotatable bonds is 10. The lowest BCUT2D eigenvalue weighted by Gasteiger charge is -2.11. The van der Waals surface area contributed by atoms with Gasteiger partial charge in [0.1, 0.15) is 0 Å². The second-order valence-electron chi connectivity index (χ2n) is 5.36. The van der Waals surface area contributed by atoms with Crippen molar-refractivity contribution in [1.82, 2.24) is 0 Å². The minimum absolute atomic E-state index is 0.107. The first-order valence-electron chi connectivity index (χ1n) is 8.72. The van der Waals surface area contributed by atoms with Crippen LogP contribution in [-0.4, -0.2) is 37.7 Å². The summed E-state index contributed by atoms with van der Waals surface area (Å²) in [4.78, 5) is 36.2. The zero-order valence-corrected chi connectivity index (χ0v) is 16.4. The third-order valence-electron chi connectivity index (χ3n) is 3.18. The van der Waals surface area contributed by atoms with Crippen LogP contribution < -0.4 is 5.32 Å². The first-order chi connectivity index (χ1) is 13.0. The molecule has 0 aliphatic heterocycles. The molecule has 0 bridgehead atoms. The van der Waals surface area contributed by atoms with Gasteiger partial charge in [0.25, 0.3) is 0 Å². The van der Waals surface area contributed by atoms with Crippen LogP contribution in [0.4, 0.5) is 5.69 Å². The van der Waals surface area contributed by atoms with E-state index in [9.17, 15) is 14.4 Å². The fraction of sp³-hybridized carbons (Fsp3) is 0.421. The second-order valence-corrected chi connectivity index (χ2v) is 5.74. The van der Waals surface area contributed by atoms with E-state index in [0.717, 1.165) is 6.20 Å². The van der Waals surface area contributed by atoms with E-state index < -0.39 is 17.9 Å². The Bertz CT molecular complexity index is 679. The van der Waals surface area contributed by atoms with Crippen molar-refractivity contribution in [2.24, 2.45) is 0 Å². The zero-order valence-electron chi connectivity index (χ0n) is 15.7. The molecule has 0 aliphatic rings. The summed E-state index contributed by atoms with van der Waals surface area (Å²) in [5.41, 5.74) is 0.196. The van der Waals surface area contributed by atoms with E-state index in [1.54, 1.807) is 19.1 Å². The topological polar surface area (TPSA) is 90.9 Å². The molecule has 0 radical (unpaired) electrons. The third-order valence-corrected chi connectivity index (χ3v) is 3.59. The number of benzene rings is 1. The Kier molecular flexibility index (Phi) is 9.96. The fourth-order valence-corrected chi connectivity index (χ4v) is 2.16. The number of ether oxygens (including phenoxy) is 3. The Morgan fingerprint density at radius 3 is 2.11 bits per heavy atom. The molecule has 0 spiro atoms. The predicted molar refractivity (Wildman–Crippen MR) is 102 cm³/mol. The highest BCUT2D eigenvalue weighted by atomic mass is 35.5. The maximum Gasteiger partial charge on any atom is 0.347 e. The van der Waals surface area contributed by atoms with Crippen LogP contribution in [0.2, 0.25) is 5.02 Å². The molecule has 1 aromatic carbocycles. The van der Waals surface area contributed by atoms with Gasteiger partial charge in [-0.05, 0) is 31.9 Å². The van der Waals surface area contributed by atoms with Crippen LogP contribution in [0.25, 0.3) is 0 Å². The van der Waals surface area contributed by atoms with E-state index in [1.807, 2.05) is 13.8 Å². The average molecular weight is 398 g/mol. The summed E-state index contributed by atoms with van der Waals surface area (Å²) < 4.78 is 15.0. The Morgan fingerprint density at radius 2 is 1.59 bits per heavy atom. The van der Waals surface area contributed by atoms with Gasteiger partial charge < -0.3 is 19.5 Å². The molecule has 0 unspecified atom stereocenters. The fourth-order valence-electron chi connectivity index (χ4n) is 1.91. The number of halogens is 1. The van der Waals surface area contributed by atoms with Crippen molar-refractivity contribution in [2.45, 2.75) is 33.6 Å². The molecule has 0 heterocycles. The summed E-state index contributed by atoms with van der Waals surface area (Å²) in [6, 6.07) is 4.70. The lowest BCUT2D eigenvalue weighted by Crippen LogP contribution is -2.20. The average Bonchev–Trinajstić information content (AvgIpc) is 2.66. The molecule has 0 fully saturated rings. The van der Waals surface area contributed by atoms with Crippen LogP contribution in [0.15, 0.2) is 30.0 Å². The van der Waals surface area contributed by atoms with Crippen molar-refractivity contribution in [3.05, 3.63) is 40.6 Å². The molecule has 0 aliphatic carbocycles. The Hall–Kier alpha value is -2.54. The second kappa shape index (κ2) is 12.0. The number of anilines is 1. The van der Waals surface area contributed by atoms with Crippen LogP contribution in [0.5, 0.6) is 0 Å². The maximum atomic E-state index is 12.1. The molecule has 0 saturated carbocycles. The van der Waals surface area contributed by atoms with E-state index in [2.05, 4.69) is 5.32 Å². The standard InChI is InChI=1S/C19H24ClNO6/c1-4-10-26-18(23)14(19(24)27-11-5-2)12-21-15-9-7-8-13(16(15)20)17(22)25-6-3/h7-9,12,21H,4-6,10-11H2,1-3H3. The van der Waals surface area contributed by atoms with Crippen LogP contribution in [0, 0.1) is 0 Å². The van der Waals surface area contributed by atoms with Crippen molar-refractivity contribution >= 4 is 35.2 Å². The largest absolute Gasteiger partial charge is 0.462 e. The molecule has 148 valence electrons. The SMILES string of the molecule is CCCOC(=O)C(=CNc1cccc(C(=O)OCC)c1Cl)C(=O)OCCC. The Morgan fingerprint density at radius 1 is 1.00 bits per heavy atom. The minimum atomic E-state index is -0.803. The Labute approximate surface area is 163 Å². The van der Waals surface area contributed by atoms with Gasteiger partial charge in [0.15, 0.2) is 5.57 Å². The summed E-state index contributed by atoms with van der Waals surface area (Å²) in [5, 5.41) is 2.87. The summed E-state index contributed by atoms with van der Waals surface area (Å²) in [5.74, 6) is -2.17. The first kappa shape index (κ1) is 22.5. The summed E-state index contributed by atoms with van der Waals surface area (Å²) >= 11 is 6.22. The van der Waals surface area contributed by atoms with E-state index in [1.165, 1.54) is 6.07 Å². The van der Waals surface area contributed by atoms with Gasteiger partial charge in [-0.3, -0.25) is 0 Å². The van der Waals surface area contributed by atoms with Gasteiger partial charge in [-0.15, -0.1) is 0 Å². The highest BCUT2D eigenvalue weighted by Crippen LogP contribution is 2.27. The van der Waals surface area contributed by atoms with Crippen LogP contribution in [-0.2, 0) is 23.8 Å². The molecule has 27 heavy (non-hydrogen) atoms. The molecule has 8 heteroatoms. The normalized spacial score (nSPS) is 9.93. The molecule has 7 nitrogen and oxygen atoms in total. The van der Waals surface area contributed by atoms with E-state index in [-0.39, 0.29) is 36.0 Å². The molecular formula is C19H24ClNO6. The lowest BCUT2D eigenvalue weighted by atomic mass is 10.2. The Balaban J connectivity index is 3.07. The quantitative estimate of drug-likeness (QED) is 0.211. The number of hydrogen-bond donors (Lipinski definition) is 1. The molecule has 0 saturated heterocycles. The van der Waals surface area contributed by atoms with Crippen molar-refractivity contribution in [3.63, 3.8) is 0 Å². The molecule has 0 atom stereocenters. The smallest absolute Gasteiger partial charge is 0.347 e. The third kappa shape index (κ3) is 6.94. The van der Waals surface area contributed by atoms with Crippen LogP contribution >= 0.6 is 11.6 Å². The number of carbonyl (C=O) groups excluding carboxylic acids is 3. The summed E-state index contributed by atoms with van der Waals surface area (Å²) in [6.45, 7) is 5.93. The van der Waals surface area contributed by atoms with Crippen molar-refractivity contribution < 1.29 is 28.6 Å². The van der Waals surface area contributed by atoms with Gasteiger partial charge in [-0.2, -0.15) is 0 Å². The molecule has 1 aromatic rings. The molecule has 0 aromatic heterocycles. The number of hydrogen-bond acceptors (Lipinski definition) is 7. The highest BCUT2D eigenvalue weighted by Gasteiger charge is 2.22. The number of esters is 3. The lowest BCUT2D eigenvalue weighted by molar-refractivity contribution is -0.147. The van der Waals surface area contributed by atoms with Crippen LogP contribution in [0.3, 0.4) is 0 Å². The maximum absolute atomic E-state index is 12.1. The van der Waals surface area contributed by atoms with E-state index >= 15 is 0 Å². The number of nitrogens with one attached hydrogen (secondary N) is 1. The summed E-state index contributed by atoms with van der Waals surface area (Å²) in [7, 11) is 0. The molecule has 1 rings (SSSR count). The highest BCUT2D eigenvalue weighted by molar-refractivity contribution is 6.36. The van der Waals surface area contributed by atoms with Gasteiger partial charge in [-0.25, -0.2) is 14.4 Å². The van der Waals surface area contributed by atoms with Crippen molar-refractivity contribution in [3.8, 4) is 0 Å². The van der Waals surface area contributed by atoms with Gasteiger partial charge >= 0.3 is 17.9 Å². The van der Waals surface area contributed by atoms with Gasteiger partial charge in [-0.1, -0.05) is 31.5 Å². The molecule has 1 N–H and O–H groups in total. The van der Waals surface area contributed by atoms with Gasteiger partial charge in [0, 0.05) is 6.20 Å². The molecular weight excluding hydrogens is 374 g/mol. The van der Waals surface area contributed by atoms with E-state index in [0.29, 0.717) is 18.5 Å². The summed E-state index contributed by atoms with van der Waals surface area (Å²) in [6.07, 6.45) is 2.39. The first-order valence-corrected chi connectivity index (χ1v) is 9.10. The zero-order chi connectivity index (χ0) is 20.2. The predicted octanol–water partition coefficient (Wildman–Crippen LogP) is 3.72. The minimum Gasteiger partial charge on any atom is -0.462 e.